The molecule has 6 unspecified atom stereocenters. The molecular formula is C36H48F2O6. The van der Waals surface area contributed by atoms with Crippen LogP contribution in [0.4, 0.5) is 8.78 Å². The van der Waals surface area contributed by atoms with Gasteiger partial charge in [-0.3, -0.25) is 9.59 Å². The molecule has 0 bridgehead atoms. The highest BCUT2D eigenvalue weighted by Crippen LogP contribution is 2.47. The molecule has 0 spiro atoms. The van der Waals surface area contributed by atoms with E-state index in [1.54, 1.807) is 25.1 Å². The largest absolute Gasteiger partial charge is 0.492 e. The van der Waals surface area contributed by atoms with Gasteiger partial charge in [-0.15, -0.1) is 0 Å². The second-order valence-electron chi connectivity index (χ2n) is 13.7. The molecule has 6 nitrogen and oxygen atoms in total. The molecule has 8 heteroatoms. The Labute approximate surface area is 260 Å². The average molecular weight is 615 g/mol. The number of benzene rings is 2. The highest BCUT2D eigenvalue weighted by Gasteiger charge is 2.43. The van der Waals surface area contributed by atoms with Crippen molar-refractivity contribution in [2.75, 3.05) is 13.2 Å². The monoisotopic (exact) mass is 614 g/mol. The van der Waals surface area contributed by atoms with E-state index in [9.17, 15) is 24.2 Å². The Morgan fingerprint density at radius 1 is 0.841 bits per heavy atom. The fraction of sp³-hybridized carbons (Fsp3) is 0.611. The minimum Gasteiger partial charge on any atom is -0.492 e. The van der Waals surface area contributed by atoms with Crippen molar-refractivity contribution < 1.29 is 38.1 Å². The second kappa shape index (κ2) is 14.5. The van der Waals surface area contributed by atoms with Crippen LogP contribution in [0.5, 0.6) is 11.5 Å². The van der Waals surface area contributed by atoms with Crippen LogP contribution in [0.3, 0.4) is 0 Å². The topological polar surface area (TPSA) is 93.1 Å². The van der Waals surface area contributed by atoms with Gasteiger partial charge in [0, 0.05) is 0 Å². The lowest BCUT2D eigenvalue weighted by molar-refractivity contribution is -0.0618. The van der Waals surface area contributed by atoms with E-state index in [-0.39, 0.29) is 58.8 Å². The third kappa shape index (κ3) is 7.68. The quantitative estimate of drug-likeness (QED) is 0.225. The van der Waals surface area contributed by atoms with Gasteiger partial charge in [0.15, 0.2) is 12.6 Å². The van der Waals surface area contributed by atoms with E-state index in [1.165, 1.54) is 12.1 Å². The lowest BCUT2D eigenvalue weighted by atomic mass is 9.65. The number of ether oxygens (including phenoxy) is 2. The van der Waals surface area contributed by atoms with E-state index in [0.29, 0.717) is 50.4 Å². The highest BCUT2D eigenvalue weighted by atomic mass is 19.1. The minimum atomic E-state index is -1.05. The smallest absolute Gasteiger partial charge is 0.156 e. The molecule has 44 heavy (non-hydrogen) atoms. The number of carbonyl (C=O) groups is 2. The molecule has 2 aromatic carbocycles. The number of halogens is 2. The van der Waals surface area contributed by atoms with Crippen LogP contribution in [0.2, 0.25) is 0 Å². The van der Waals surface area contributed by atoms with Crippen LogP contribution in [0.1, 0.15) is 118 Å². The SMILES string of the molecule is CCCC(C)(O)C1CC(c2ccc(OCC3CCCCC3C(C)(C)O)c(C=O)c2F)CCC1COc1cccc(F)c1C=O. The summed E-state index contributed by atoms with van der Waals surface area (Å²) >= 11 is 0. The van der Waals surface area contributed by atoms with E-state index >= 15 is 4.39 Å². The first-order valence-corrected chi connectivity index (χ1v) is 16.1. The molecule has 0 aromatic heterocycles. The van der Waals surface area contributed by atoms with Gasteiger partial charge in [0.25, 0.3) is 0 Å². The van der Waals surface area contributed by atoms with Crippen LogP contribution in [-0.4, -0.2) is 47.2 Å². The summed E-state index contributed by atoms with van der Waals surface area (Å²) in [6.07, 6.45) is 7.88. The molecule has 0 radical (unpaired) electrons. The maximum absolute atomic E-state index is 16.0. The predicted molar refractivity (Wildman–Crippen MR) is 165 cm³/mol. The first-order valence-electron chi connectivity index (χ1n) is 16.1. The molecule has 2 N–H and O–H groups in total. The van der Waals surface area contributed by atoms with Gasteiger partial charge in [0.05, 0.1) is 35.5 Å². The van der Waals surface area contributed by atoms with Gasteiger partial charge in [0.1, 0.15) is 23.1 Å². The summed E-state index contributed by atoms with van der Waals surface area (Å²) in [6, 6.07) is 7.61. The van der Waals surface area contributed by atoms with Gasteiger partial charge >= 0.3 is 0 Å². The molecular weight excluding hydrogens is 566 g/mol. The van der Waals surface area contributed by atoms with Gasteiger partial charge < -0.3 is 19.7 Å². The molecule has 6 atom stereocenters. The van der Waals surface area contributed by atoms with Crippen molar-refractivity contribution in [1.82, 2.24) is 0 Å². The summed E-state index contributed by atoms with van der Waals surface area (Å²) in [5, 5.41) is 22.2. The molecule has 2 fully saturated rings. The summed E-state index contributed by atoms with van der Waals surface area (Å²) in [5.74, 6) is -1.29. The molecule has 242 valence electrons. The number of hydrogen-bond donors (Lipinski definition) is 2. The van der Waals surface area contributed by atoms with Crippen molar-refractivity contribution in [1.29, 1.82) is 0 Å². The number of aldehydes is 2. The Bertz CT molecular complexity index is 1290. The van der Waals surface area contributed by atoms with Gasteiger partial charge in [-0.1, -0.05) is 38.3 Å². The maximum atomic E-state index is 16.0. The van der Waals surface area contributed by atoms with Gasteiger partial charge in [-0.25, -0.2) is 8.78 Å². The third-order valence-electron chi connectivity index (χ3n) is 10.1. The first-order chi connectivity index (χ1) is 20.9. The number of hydrogen-bond acceptors (Lipinski definition) is 6. The van der Waals surface area contributed by atoms with E-state index in [1.807, 2.05) is 20.8 Å². The fourth-order valence-electron chi connectivity index (χ4n) is 7.80. The standard InChI is InChI=1S/C36H48F2O6/c1-5-17-36(4,42)30-18-23(13-14-25(30)22-43-32-12-8-11-31(37)27(32)19-39)26-15-16-33(28(20-40)34(26)38)44-21-24-9-6-7-10-29(24)35(2,3)41/h8,11-12,15-16,19-20,23-25,29-30,41-42H,5-7,9-10,13-14,17-18,21-22H2,1-4H3. The molecule has 2 saturated carbocycles. The summed E-state index contributed by atoms with van der Waals surface area (Å²) in [4.78, 5) is 23.6. The zero-order chi connectivity index (χ0) is 32.1. The Hall–Kier alpha value is -2.84. The van der Waals surface area contributed by atoms with Crippen LogP contribution < -0.4 is 9.47 Å². The molecule has 0 saturated heterocycles. The number of aliphatic hydroxyl groups is 2. The molecule has 2 aliphatic carbocycles. The van der Waals surface area contributed by atoms with Crippen LogP contribution in [0, 0.1) is 35.3 Å². The van der Waals surface area contributed by atoms with Crippen molar-refractivity contribution in [2.45, 2.75) is 103 Å². The van der Waals surface area contributed by atoms with Crippen molar-refractivity contribution in [3.05, 3.63) is 58.7 Å². The van der Waals surface area contributed by atoms with Crippen LogP contribution in [0.25, 0.3) is 0 Å². The van der Waals surface area contributed by atoms with Crippen molar-refractivity contribution in [3.63, 3.8) is 0 Å². The minimum absolute atomic E-state index is 0.0676. The summed E-state index contributed by atoms with van der Waals surface area (Å²) in [7, 11) is 0. The Kier molecular flexibility index (Phi) is 11.2. The molecule has 2 aliphatic rings. The number of carbonyl (C=O) groups excluding carboxylic acids is 2. The van der Waals surface area contributed by atoms with E-state index in [0.717, 1.165) is 32.1 Å². The molecule has 0 aliphatic heterocycles. The van der Waals surface area contributed by atoms with Crippen LogP contribution in [-0.2, 0) is 0 Å². The second-order valence-corrected chi connectivity index (χ2v) is 13.7. The van der Waals surface area contributed by atoms with Crippen molar-refractivity contribution in [2.24, 2.45) is 23.7 Å². The Morgan fingerprint density at radius 2 is 1.48 bits per heavy atom. The average Bonchev–Trinajstić information content (AvgIpc) is 2.98. The summed E-state index contributed by atoms with van der Waals surface area (Å²) in [6.45, 7) is 7.91. The predicted octanol–water partition coefficient (Wildman–Crippen LogP) is 7.68. The lowest BCUT2D eigenvalue weighted by Crippen LogP contribution is -2.44. The van der Waals surface area contributed by atoms with Crippen molar-refractivity contribution in [3.8, 4) is 11.5 Å². The highest BCUT2D eigenvalue weighted by molar-refractivity contribution is 5.80. The normalized spacial score (nSPS) is 25.6. The lowest BCUT2D eigenvalue weighted by Gasteiger charge is -2.44. The van der Waals surface area contributed by atoms with E-state index < -0.39 is 22.8 Å². The third-order valence-corrected chi connectivity index (χ3v) is 10.1. The Morgan fingerprint density at radius 3 is 2.11 bits per heavy atom. The maximum Gasteiger partial charge on any atom is 0.156 e. The summed E-state index contributed by atoms with van der Waals surface area (Å²) < 4.78 is 42.1. The van der Waals surface area contributed by atoms with E-state index in [4.69, 9.17) is 9.47 Å². The van der Waals surface area contributed by atoms with Gasteiger partial charge in [-0.05, 0) is 113 Å². The Balaban J connectivity index is 1.52. The molecule has 0 amide bonds. The molecule has 2 aromatic rings. The first kappa shape index (κ1) is 34.0. The molecule has 4 rings (SSSR count). The zero-order valence-corrected chi connectivity index (χ0v) is 26.5. The molecule has 0 heterocycles. The van der Waals surface area contributed by atoms with Gasteiger partial charge in [0.2, 0.25) is 0 Å². The van der Waals surface area contributed by atoms with E-state index in [2.05, 4.69) is 0 Å². The van der Waals surface area contributed by atoms with Crippen LogP contribution in [0.15, 0.2) is 30.3 Å². The zero-order valence-electron chi connectivity index (χ0n) is 26.5. The van der Waals surface area contributed by atoms with Crippen LogP contribution >= 0.6 is 0 Å². The number of rotatable bonds is 13. The fourth-order valence-corrected chi connectivity index (χ4v) is 7.80. The van der Waals surface area contributed by atoms with Gasteiger partial charge in [-0.2, -0.15) is 0 Å². The van der Waals surface area contributed by atoms with Crippen molar-refractivity contribution >= 4 is 12.6 Å². The summed E-state index contributed by atoms with van der Waals surface area (Å²) in [5.41, 5.74) is -1.71.